The summed E-state index contributed by atoms with van der Waals surface area (Å²) in [4.78, 5) is 23.2. The van der Waals surface area contributed by atoms with Crippen molar-refractivity contribution in [2.75, 3.05) is 13.2 Å². The molecule has 0 spiro atoms. The van der Waals surface area contributed by atoms with Gasteiger partial charge in [-0.1, -0.05) is 17.7 Å². The van der Waals surface area contributed by atoms with E-state index in [4.69, 9.17) is 9.84 Å². The molecule has 0 aliphatic rings. The second kappa shape index (κ2) is 8.01. The number of rotatable bonds is 7. The molecule has 0 fully saturated rings. The Hall–Kier alpha value is -1.41. The van der Waals surface area contributed by atoms with E-state index in [1.165, 1.54) is 6.08 Å². The maximum Gasteiger partial charge on any atom is 0.328 e. The zero-order valence-corrected chi connectivity index (χ0v) is 13.2. The van der Waals surface area contributed by atoms with Crippen molar-refractivity contribution >= 4 is 34.5 Å². The van der Waals surface area contributed by atoms with Gasteiger partial charge in [0.1, 0.15) is 0 Å². The van der Waals surface area contributed by atoms with Gasteiger partial charge in [-0.15, -0.1) is 6.58 Å². The van der Waals surface area contributed by atoms with E-state index in [0.717, 1.165) is 9.13 Å². The lowest BCUT2D eigenvalue weighted by molar-refractivity contribution is -0.140. The van der Waals surface area contributed by atoms with Crippen molar-refractivity contribution in [3.05, 3.63) is 45.6 Å². The van der Waals surface area contributed by atoms with Crippen LogP contribution in [0.25, 0.3) is 0 Å². The van der Waals surface area contributed by atoms with E-state index in [1.807, 2.05) is 41.6 Å². The summed E-state index contributed by atoms with van der Waals surface area (Å²) >= 11 is 2.04. The lowest BCUT2D eigenvalue weighted by Crippen LogP contribution is -2.44. The highest BCUT2D eigenvalue weighted by Gasteiger charge is 2.21. The van der Waals surface area contributed by atoms with Crippen LogP contribution in [0, 0.1) is 10.5 Å². The molecule has 0 heterocycles. The maximum atomic E-state index is 12.1. The van der Waals surface area contributed by atoms with Crippen molar-refractivity contribution in [1.82, 2.24) is 5.32 Å². The minimum absolute atomic E-state index is 0.102. The first-order valence-electron chi connectivity index (χ1n) is 5.94. The van der Waals surface area contributed by atoms with Crippen molar-refractivity contribution in [2.45, 2.75) is 13.0 Å². The van der Waals surface area contributed by atoms with Crippen LogP contribution >= 0.6 is 22.6 Å². The molecule has 0 saturated heterocycles. The van der Waals surface area contributed by atoms with E-state index >= 15 is 0 Å². The van der Waals surface area contributed by atoms with Gasteiger partial charge in [-0.05, 0) is 41.6 Å². The molecule has 108 valence electrons. The quantitative estimate of drug-likeness (QED) is 0.425. The van der Waals surface area contributed by atoms with Crippen LogP contribution in [0.4, 0.5) is 0 Å². The first kappa shape index (κ1) is 16.6. The molecule has 1 amide bonds. The molecular formula is C14H16INO4. The van der Waals surface area contributed by atoms with Gasteiger partial charge >= 0.3 is 5.97 Å². The number of carboxylic acids is 1. The van der Waals surface area contributed by atoms with E-state index < -0.39 is 17.9 Å². The molecule has 20 heavy (non-hydrogen) atoms. The molecule has 1 unspecified atom stereocenters. The number of carboxylic acid groups (broad SMARTS) is 1. The standard InChI is InChI=1S/C14H16INO4/c1-3-6-20-8-12(14(18)19)16-13(17)10-7-9(2)4-5-11(10)15/h3-5,7,12H,1,6,8H2,2H3,(H,16,17)(H,18,19). The fourth-order valence-electron chi connectivity index (χ4n) is 1.49. The molecule has 1 aromatic rings. The highest BCUT2D eigenvalue weighted by Crippen LogP contribution is 2.14. The summed E-state index contributed by atoms with van der Waals surface area (Å²) in [6.45, 7) is 5.48. The molecule has 0 aliphatic carbocycles. The molecule has 1 rings (SSSR count). The molecule has 5 nitrogen and oxygen atoms in total. The predicted octanol–water partition coefficient (Wildman–Crippen LogP) is 1.99. The Kier molecular flexibility index (Phi) is 6.66. The largest absolute Gasteiger partial charge is 0.480 e. The third-order valence-corrected chi connectivity index (χ3v) is 3.43. The minimum Gasteiger partial charge on any atom is -0.480 e. The number of nitrogens with one attached hydrogen (secondary N) is 1. The van der Waals surface area contributed by atoms with Crippen LogP contribution in [0.1, 0.15) is 15.9 Å². The van der Waals surface area contributed by atoms with Crippen LogP contribution in [0.5, 0.6) is 0 Å². The van der Waals surface area contributed by atoms with Crippen LogP contribution in [-0.4, -0.2) is 36.2 Å². The molecule has 1 aromatic carbocycles. The van der Waals surface area contributed by atoms with Gasteiger partial charge in [0.15, 0.2) is 6.04 Å². The van der Waals surface area contributed by atoms with Crippen molar-refractivity contribution in [1.29, 1.82) is 0 Å². The first-order chi connectivity index (χ1) is 9.45. The van der Waals surface area contributed by atoms with Gasteiger partial charge in [0, 0.05) is 3.57 Å². The number of amides is 1. The molecule has 1 atom stereocenters. The number of carbonyl (C=O) groups excluding carboxylic acids is 1. The van der Waals surface area contributed by atoms with Crippen LogP contribution in [0.15, 0.2) is 30.9 Å². The zero-order chi connectivity index (χ0) is 15.1. The summed E-state index contributed by atoms with van der Waals surface area (Å²) < 4.78 is 5.85. The topological polar surface area (TPSA) is 75.6 Å². The van der Waals surface area contributed by atoms with Gasteiger partial charge in [0.2, 0.25) is 0 Å². The van der Waals surface area contributed by atoms with Crippen LogP contribution < -0.4 is 5.32 Å². The van der Waals surface area contributed by atoms with Gasteiger partial charge in [-0.3, -0.25) is 4.79 Å². The number of carbonyl (C=O) groups is 2. The number of ether oxygens (including phenoxy) is 1. The molecule has 2 N–H and O–H groups in total. The van der Waals surface area contributed by atoms with E-state index in [-0.39, 0.29) is 13.2 Å². The van der Waals surface area contributed by atoms with Crippen LogP contribution in [-0.2, 0) is 9.53 Å². The van der Waals surface area contributed by atoms with Crippen molar-refractivity contribution in [2.24, 2.45) is 0 Å². The van der Waals surface area contributed by atoms with Gasteiger partial charge in [0.05, 0.1) is 18.8 Å². The second-order valence-corrected chi connectivity index (χ2v) is 5.34. The minimum atomic E-state index is -1.13. The van der Waals surface area contributed by atoms with E-state index in [1.54, 1.807) is 6.07 Å². The highest BCUT2D eigenvalue weighted by molar-refractivity contribution is 14.1. The van der Waals surface area contributed by atoms with E-state index in [2.05, 4.69) is 11.9 Å². The monoisotopic (exact) mass is 389 g/mol. The second-order valence-electron chi connectivity index (χ2n) is 4.17. The van der Waals surface area contributed by atoms with E-state index in [9.17, 15) is 9.59 Å². The summed E-state index contributed by atoms with van der Waals surface area (Å²) in [5, 5.41) is 11.5. The van der Waals surface area contributed by atoms with Gasteiger partial charge in [-0.2, -0.15) is 0 Å². The van der Waals surface area contributed by atoms with Gasteiger partial charge < -0.3 is 15.2 Å². The predicted molar refractivity (Wildman–Crippen MR) is 83.8 cm³/mol. The van der Waals surface area contributed by atoms with Crippen LogP contribution in [0.2, 0.25) is 0 Å². The lowest BCUT2D eigenvalue weighted by Gasteiger charge is -2.15. The van der Waals surface area contributed by atoms with Gasteiger partial charge in [0.25, 0.3) is 5.91 Å². The molecule has 0 saturated carbocycles. The summed E-state index contributed by atoms with van der Waals surface area (Å²) in [6.07, 6.45) is 1.52. The van der Waals surface area contributed by atoms with E-state index in [0.29, 0.717) is 5.56 Å². The fourth-order valence-corrected chi connectivity index (χ4v) is 2.07. The van der Waals surface area contributed by atoms with Crippen molar-refractivity contribution < 1.29 is 19.4 Å². The average Bonchev–Trinajstić information content (AvgIpc) is 2.40. The third kappa shape index (κ3) is 4.93. The average molecular weight is 389 g/mol. The highest BCUT2D eigenvalue weighted by atomic mass is 127. The Morgan fingerprint density at radius 2 is 2.25 bits per heavy atom. The molecule has 0 aromatic heterocycles. The number of halogens is 1. The first-order valence-corrected chi connectivity index (χ1v) is 7.02. The number of hydrogen-bond acceptors (Lipinski definition) is 3. The smallest absolute Gasteiger partial charge is 0.328 e. The van der Waals surface area contributed by atoms with Crippen molar-refractivity contribution in [3.63, 3.8) is 0 Å². The number of aliphatic carboxylic acids is 1. The Bertz CT molecular complexity index is 516. The lowest BCUT2D eigenvalue weighted by atomic mass is 10.1. The normalized spacial score (nSPS) is 11.7. The molecule has 0 radical (unpaired) electrons. The molecule has 6 heteroatoms. The molecular weight excluding hydrogens is 373 g/mol. The SMILES string of the molecule is C=CCOCC(NC(=O)c1cc(C)ccc1I)C(=O)O. The van der Waals surface area contributed by atoms with Crippen molar-refractivity contribution in [3.8, 4) is 0 Å². The number of aryl methyl sites for hydroxylation is 1. The number of benzene rings is 1. The maximum absolute atomic E-state index is 12.1. The third-order valence-electron chi connectivity index (χ3n) is 2.49. The summed E-state index contributed by atoms with van der Waals surface area (Å²) in [6, 6.07) is 4.34. The summed E-state index contributed by atoms with van der Waals surface area (Å²) in [5.74, 6) is -1.56. The molecule has 0 bridgehead atoms. The Morgan fingerprint density at radius 3 is 2.85 bits per heavy atom. The van der Waals surface area contributed by atoms with Gasteiger partial charge in [-0.25, -0.2) is 4.79 Å². The Labute approximate surface area is 131 Å². The summed E-state index contributed by atoms with van der Waals surface area (Å²) in [7, 11) is 0. The molecule has 0 aliphatic heterocycles. The fraction of sp³-hybridized carbons (Fsp3) is 0.286. The Balaban J connectivity index is 2.77. The summed E-state index contributed by atoms with van der Waals surface area (Å²) in [5.41, 5.74) is 1.39. The van der Waals surface area contributed by atoms with Crippen LogP contribution in [0.3, 0.4) is 0 Å². The Morgan fingerprint density at radius 1 is 1.55 bits per heavy atom. The zero-order valence-electron chi connectivity index (χ0n) is 11.1. The number of hydrogen-bond donors (Lipinski definition) is 2.